The van der Waals surface area contributed by atoms with E-state index < -0.39 is 0 Å². The summed E-state index contributed by atoms with van der Waals surface area (Å²) in [6, 6.07) is 8.84. The average Bonchev–Trinajstić information content (AvgIpc) is 2.27. The third kappa shape index (κ3) is 2.76. The minimum absolute atomic E-state index is 0.390. The van der Waals surface area contributed by atoms with Crippen LogP contribution in [0.2, 0.25) is 20.1 Å². The zero-order chi connectivity index (χ0) is 13.3. The summed E-state index contributed by atoms with van der Waals surface area (Å²) in [6.45, 7) is 0.390. The molecular weight excluding hydrogens is 312 g/mol. The molecule has 0 aliphatic rings. The molecule has 0 atom stereocenters. The van der Waals surface area contributed by atoms with Crippen LogP contribution in [-0.4, -0.2) is 0 Å². The smallest absolute Gasteiger partial charge is 0.0514 e. The highest BCUT2D eigenvalue weighted by molar-refractivity contribution is 6.42. The predicted molar refractivity (Wildman–Crippen MR) is 79.8 cm³/mol. The van der Waals surface area contributed by atoms with E-state index in [1.165, 1.54) is 0 Å². The van der Waals surface area contributed by atoms with Crippen LogP contribution < -0.4 is 5.73 Å². The molecule has 2 aromatic rings. The Labute approximate surface area is 125 Å². The van der Waals surface area contributed by atoms with Gasteiger partial charge in [0.25, 0.3) is 0 Å². The van der Waals surface area contributed by atoms with Crippen molar-refractivity contribution in [2.75, 3.05) is 0 Å². The Hall–Kier alpha value is -0.440. The van der Waals surface area contributed by atoms with Gasteiger partial charge in [-0.1, -0.05) is 58.5 Å². The normalized spacial score (nSPS) is 10.7. The van der Waals surface area contributed by atoms with Gasteiger partial charge in [0.2, 0.25) is 0 Å². The number of halogens is 4. The van der Waals surface area contributed by atoms with Crippen LogP contribution in [0.15, 0.2) is 30.3 Å². The highest BCUT2D eigenvalue weighted by Gasteiger charge is 2.11. The molecule has 0 saturated heterocycles. The summed E-state index contributed by atoms with van der Waals surface area (Å²) in [5, 5.41) is 2.07. The standard InChI is InChI=1S/C13H9Cl4N/c14-9-4-11(16)13(12(17)5-9)7-1-2-8(6-18)10(15)3-7/h1-5H,6,18H2. The number of benzene rings is 2. The predicted octanol–water partition coefficient (Wildman–Crippen LogP) is 5.43. The first kappa shape index (κ1) is 14.0. The van der Waals surface area contributed by atoms with Crippen LogP contribution >= 0.6 is 46.4 Å². The van der Waals surface area contributed by atoms with Crippen molar-refractivity contribution in [1.29, 1.82) is 0 Å². The Kier molecular flexibility index (Phi) is 4.41. The van der Waals surface area contributed by atoms with Gasteiger partial charge in [-0.3, -0.25) is 0 Å². The van der Waals surface area contributed by atoms with E-state index in [0.717, 1.165) is 11.1 Å². The van der Waals surface area contributed by atoms with Crippen LogP contribution in [0, 0.1) is 0 Å². The molecule has 5 heteroatoms. The second-order valence-electron chi connectivity index (χ2n) is 3.75. The molecule has 0 unspecified atom stereocenters. The highest BCUT2D eigenvalue weighted by Crippen LogP contribution is 2.38. The summed E-state index contributed by atoms with van der Waals surface area (Å²) in [5.41, 5.74) is 7.99. The molecule has 2 rings (SSSR count). The van der Waals surface area contributed by atoms with E-state index in [9.17, 15) is 0 Å². The molecule has 0 heterocycles. The van der Waals surface area contributed by atoms with Crippen LogP contribution in [0.5, 0.6) is 0 Å². The Bertz CT molecular complexity index is 573. The van der Waals surface area contributed by atoms with Crippen molar-refractivity contribution in [3.05, 3.63) is 56.0 Å². The zero-order valence-corrected chi connectivity index (χ0v) is 12.2. The van der Waals surface area contributed by atoms with Crippen molar-refractivity contribution in [1.82, 2.24) is 0 Å². The van der Waals surface area contributed by atoms with Crippen molar-refractivity contribution in [3.8, 4) is 11.1 Å². The maximum absolute atomic E-state index is 6.16. The lowest BCUT2D eigenvalue weighted by Gasteiger charge is -2.10. The van der Waals surface area contributed by atoms with Crippen molar-refractivity contribution in [3.63, 3.8) is 0 Å². The summed E-state index contributed by atoms with van der Waals surface area (Å²) in [4.78, 5) is 0. The lowest BCUT2D eigenvalue weighted by Crippen LogP contribution is -1.97. The van der Waals surface area contributed by atoms with Gasteiger partial charge in [-0.05, 0) is 29.3 Å². The van der Waals surface area contributed by atoms with Crippen molar-refractivity contribution >= 4 is 46.4 Å². The van der Waals surface area contributed by atoms with E-state index >= 15 is 0 Å². The Morgan fingerprint density at radius 1 is 0.833 bits per heavy atom. The molecule has 0 spiro atoms. The molecule has 0 amide bonds. The lowest BCUT2D eigenvalue weighted by molar-refractivity contribution is 1.07. The summed E-state index contributed by atoms with van der Waals surface area (Å²) >= 11 is 24.3. The topological polar surface area (TPSA) is 26.0 Å². The molecule has 0 bridgehead atoms. The monoisotopic (exact) mass is 319 g/mol. The zero-order valence-electron chi connectivity index (χ0n) is 9.18. The minimum atomic E-state index is 0.390. The van der Waals surface area contributed by atoms with Crippen LogP contribution in [0.4, 0.5) is 0 Å². The molecule has 2 aromatic carbocycles. The van der Waals surface area contributed by atoms with Gasteiger partial charge >= 0.3 is 0 Å². The fourth-order valence-electron chi connectivity index (χ4n) is 1.69. The first-order chi connectivity index (χ1) is 8.52. The van der Waals surface area contributed by atoms with E-state index in [-0.39, 0.29) is 0 Å². The van der Waals surface area contributed by atoms with Crippen LogP contribution in [0.1, 0.15) is 5.56 Å². The van der Waals surface area contributed by atoms with Gasteiger partial charge in [0.1, 0.15) is 0 Å². The molecule has 0 radical (unpaired) electrons. The SMILES string of the molecule is NCc1ccc(-c2c(Cl)cc(Cl)cc2Cl)cc1Cl. The number of nitrogens with two attached hydrogens (primary N) is 1. The third-order valence-corrected chi connectivity index (χ3v) is 3.73. The Morgan fingerprint density at radius 2 is 1.44 bits per heavy atom. The van der Waals surface area contributed by atoms with E-state index in [4.69, 9.17) is 52.1 Å². The lowest BCUT2D eigenvalue weighted by atomic mass is 10.0. The molecule has 0 saturated carbocycles. The second-order valence-corrected chi connectivity index (χ2v) is 5.41. The van der Waals surface area contributed by atoms with E-state index in [1.807, 2.05) is 12.1 Å². The largest absolute Gasteiger partial charge is 0.326 e. The van der Waals surface area contributed by atoms with Crippen molar-refractivity contribution in [2.24, 2.45) is 5.73 Å². The van der Waals surface area contributed by atoms with Gasteiger partial charge in [-0.2, -0.15) is 0 Å². The van der Waals surface area contributed by atoms with E-state index in [1.54, 1.807) is 18.2 Å². The maximum Gasteiger partial charge on any atom is 0.0514 e. The molecule has 1 nitrogen and oxygen atoms in total. The maximum atomic E-state index is 6.16. The van der Waals surface area contributed by atoms with Gasteiger partial charge in [-0.25, -0.2) is 0 Å². The molecule has 18 heavy (non-hydrogen) atoms. The average molecular weight is 321 g/mol. The first-order valence-electron chi connectivity index (χ1n) is 5.16. The van der Waals surface area contributed by atoms with E-state index in [0.29, 0.717) is 32.2 Å². The fraction of sp³-hybridized carbons (Fsp3) is 0.0769. The summed E-state index contributed by atoms with van der Waals surface area (Å²) in [6.07, 6.45) is 0. The van der Waals surface area contributed by atoms with Gasteiger partial charge < -0.3 is 5.73 Å². The summed E-state index contributed by atoms with van der Waals surface area (Å²) < 4.78 is 0. The van der Waals surface area contributed by atoms with Gasteiger partial charge in [0, 0.05) is 22.2 Å². The molecule has 0 aliphatic carbocycles. The van der Waals surface area contributed by atoms with Gasteiger partial charge in [-0.15, -0.1) is 0 Å². The Balaban J connectivity index is 2.59. The van der Waals surface area contributed by atoms with Gasteiger partial charge in [0.05, 0.1) is 10.0 Å². The fourth-order valence-corrected chi connectivity index (χ4v) is 2.98. The molecule has 0 fully saturated rings. The second kappa shape index (κ2) is 5.68. The quantitative estimate of drug-likeness (QED) is 0.784. The minimum Gasteiger partial charge on any atom is -0.326 e. The third-order valence-electron chi connectivity index (χ3n) is 2.57. The first-order valence-corrected chi connectivity index (χ1v) is 6.67. The summed E-state index contributed by atoms with van der Waals surface area (Å²) in [5.74, 6) is 0. The Morgan fingerprint density at radius 3 is 1.94 bits per heavy atom. The molecule has 94 valence electrons. The van der Waals surface area contributed by atoms with Crippen molar-refractivity contribution in [2.45, 2.75) is 6.54 Å². The van der Waals surface area contributed by atoms with Crippen LogP contribution in [0.3, 0.4) is 0 Å². The molecule has 2 N–H and O–H groups in total. The molecule has 0 aromatic heterocycles. The molecule has 0 aliphatic heterocycles. The van der Waals surface area contributed by atoms with Crippen LogP contribution in [0.25, 0.3) is 11.1 Å². The molecular formula is C13H9Cl4N. The number of hydrogen-bond donors (Lipinski definition) is 1. The summed E-state index contributed by atoms with van der Waals surface area (Å²) in [7, 11) is 0. The van der Waals surface area contributed by atoms with Crippen molar-refractivity contribution < 1.29 is 0 Å². The van der Waals surface area contributed by atoms with E-state index in [2.05, 4.69) is 0 Å². The van der Waals surface area contributed by atoms with Gasteiger partial charge in [0.15, 0.2) is 0 Å². The van der Waals surface area contributed by atoms with Crippen LogP contribution in [-0.2, 0) is 6.54 Å². The highest BCUT2D eigenvalue weighted by atomic mass is 35.5. The number of hydrogen-bond acceptors (Lipinski definition) is 1. The number of rotatable bonds is 2.